The summed E-state index contributed by atoms with van der Waals surface area (Å²) in [7, 11) is 0. The zero-order valence-electron chi connectivity index (χ0n) is 11.1. The van der Waals surface area contributed by atoms with Crippen molar-refractivity contribution in [3.63, 3.8) is 0 Å². The van der Waals surface area contributed by atoms with Crippen molar-refractivity contribution in [1.29, 1.82) is 0 Å². The summed E-state index contributed by atoms with van der Waals surface area (Å²) >= 11 is 6.16. The van der Waals surface area contributed by atoms with Crippen molar-refractivity contribution >= 4 is 23.6 Å². The van der Waals surface area contributed by atoms with Gasteiger partial charge in [0.15, 0.2) is 11.5 Å². The first-order valence-corrected chi connectivity index (χ1v) is 7.18. The molecule has 0 aromatic heterocycles. The first-order chi connectivity index (χ1) is 9.74. The summed E-state index contributed by atoms with van der Waals surface area (Å²) in [5.41, 5.74) is 0.840. The maximum atomic E-state index is 11.9. The van der Waals surface area contributed by atoms with Gasteiger partial charge in [-0.1, -0.05) is 11.6 Å². The molecule has 1 amide bonds. The van der Waals surface area contributed by atoms with Gasteiger partial charge in [-0.3, -0.25) is 4.79 Å². The highest BCUT2D eigenvalue weighted by Gasteiger charge is 2.17. The predicted molar refractivity (Wildman–Crippen MR) is 77.3 cm³/mol. The Morgan fingerprint density at radius 1 is 1.20 bits per heavy atom. The second-order valence-corrected chi connectivity index (χ2v) is 5.30. The molecule has 4 nitrogen and oxygen atoms in total. The van der Waals surface area contributed by atoms with E-state index in [0.717, 1.165) is 31.5 Å². The van der Waals surface area contributed by atoms with Gasteiger partial charge in [-0.05, 0) is 36.6 Å². The molecule has 0 spiro atoms. The molecule has 2 aliphatic rings. The van der Waals surface area contributed by atoms with Crippen molar-refractivity contribution in [3.8, 4) is 11.5 Å². The van der Waals surface area contributed by atoms with Crippen molar-refractivity contribution < 1.29 is 14.3 Å². The summed E-state index contributed by atoms with van der Waals surface area (Å²) in [4.78, 5) is 13.8. The van der Waals surface area contributed by atoms with Crippen molar-refractivity contribution in [1.82, 2.24) is 4.90 Å². The van der Waals surface area contributed by atoms with Gasteiger partial charge in [0.05, 0.1) is 5.02 Å². The molecule has 2 aliphatic heterocycles. The number of carbonyl (C=O) groups excluding carboxylic acids is 1. The minimum absolute atomic E-state index is 0.0495. The van der Waals surface area contributed by atoms with E-state index in [-0.39, 0.29) is 5.91 Å². The zero-order valence-corrected chi connectivity index (χ0v) is 11.9. The molecule has 0 N–H and O–H groups in total. The van der Waals surface area contributed by atoms with Gasteiger partial charge in [0.25, 0.3) is 0 Å². The van der Waals surface area contributed by atoms with Crippen molar-refractivity contribution in [2.75, 3.05) is 26.3 Å². The molecule has 3 rings (SSSR count). The van der Waals surface area contributed by atoms with Crippen LogP contribution in [0.15, 0.2) is 18.2 Å². The molecule has 0 bridgehead atoms. The van der Waals surface area contributed by atoms with Gasteiger partial charge in [0.2, 0.25) is 5.91 Å². The Bertz CT molecular complexity index is 550. The van der Waals surface area contributed by atoms with Crippen molar-refractivity contribution in [2.24, 2.45) is 0 Å². The summed E-state index contributed by atoms with van der Waals surface area (Å²) < 4.78 is 11.0. The Kier molecular flexibility index (Phi) is 3.83. The largest absolute Gasteiger partial charge is 0.486 e. The third-order valence-corrected chi connectivity index (χ3v) is 3.74. The van der Waals surface area contributed by atoms with Gasteiger partial charge >= 0.3 is 0 Å². The standard InChI is InChI=1S/C15H16ClNO3/c16-12-9-11(10-13-15(12)20-8-7-19-13)3-4-14(18)17-5-1-2-6-17/h3-4,9-10H,1-2,5-8H2/b4-3+. The predicted octanol–water partition coefficient (Wildman–Crippen LogP) is 2.75. The zero-order chi connectivity index (χ0) is 13.9. The normalized spacial score (nSPS) is 17.8. The fraction of sp³-hybridized carbons (Fsp3) is 0.400. The van der Waals surface area contributed by atoms with Gasteiger partial charge in [0, 0.05) is 19.2 Å². The molecular formula is C15H16ClNO3. The van der Waals surface area contributed by atoms with Crippen LogP contribution in [0.5, 0.6) is 11.5 Å². The van der Waals surface area contributed by atoms with E-state index in [0.29, 0.717) is 29.7 Å². The molecule has 0 atom stereocenters. The van der Waals surface area contributed by atoms with Crippen LogP contribution in [0.3, 0.4) is 0 Å². The molecule has 20 heavy (non-hydrogen) atoms. The Morgan fingerprint density at radius 3 is 2.75 bits per heavy atom. The third-order valence-electron chi connectivity index (χ3n) is 3.46. The summed E-state index contributed by atoms with van der Waals surface area (Å²) in [6, 6.07) is 3.62. The number of fused-ring (bicyclic) bond motifs is 1. The maximum absolute atomic E-state index is 11.9. The van der Waals surface area contributed by atoms with E-state index in [4.69, 9.17) is 21.1 Å². The number of rotatable bonds is 2. The Hall–Kier alpha value is -1.68. The number of hydrogen-bond donors (Lipinski definition) is 0. The van der Waals surface area contributed by atoms with Crippen LogP contribution < -0.4 is 9.47 Å². The van der Waals surface area contributed by atoms with Gasteiger partial charge in [0.1, 0.15) is 13.2 Å². The molecule has 1 aromatic carbocycles. The number of hydrogen-bond acceptors (Lipinski definition) is 3. The summed E-state index contributed by atoms with van der Waals surface area (Å²) in [5.74, 6) is 1.27. The number of carbonyl (C=O) groups is 1. The van der Waals surface area contributed by atoms with Crippen LogP contribution in [0.25, 0.3) is 6.08 Å². The first kappa shape index (κ1) is 13.3. The lowest BCUT2D eigenvalue weighted by molar-refractivity contribution is -0.124. The Balaban J connectivity index is 1.77. The minimum Gasteiger partial charge on any atom is -0.486 e. The van der Waals surface area contributed by atoms with E-state index in [1.807, 2.05) is 11.0 Å². The van der Waals surface area contributed by atoms with Gasteiger partial charge in [-0.25, -0.2) is 0 Å². The molecule has 106 valence electrons. The van der Waals surface area contributed by atoms with Gasteiger partial charge in [-0.2, -0.15) is 0 Å². The fourth-order valence-corrected chi connectivity index (χ4v) is 2.71. The number of amides is 1. The second-order valence-electron chi connectivity index (χ2n) is 4.89. The van der Waals surface area contributed by atoms with E-state index in [2.05, 4.69) is 0 Å². The molecule has 0 radical (unpaired) electrons. The maximum Gasteiger partial charge on any atom is 0.246 e. The lowest BCUT2D eigenvalue weighted by atomic mass is 10.1. The van der Waals surface area contributed by atoms with Crippen LogP contribution in [0.2, 0.25) is 5.02 Å². The monoisotopic (exact) mass is 293 g/mol. The lowest BCUT2D eigenvalue weighted by Gasteiger charge is -2.19. The van der Waals surface area contributed by atoms with Gasteiger partial charge < -0.3 is 14.4 Å². The van der Waals surface area contributed by atoms with E-state index < -0.39 is 0 Å². The molecule has 0 saturated carbocycles. The molecule has 1 fully saturated rings. The average Bonchev–Trinajstić information content (AvgIpc) is 2.99. The van der Waals surface area contributed by atoms with E-state index in [9.17, 15) is 4.79 Å². The molecule has 1 aromatic rings. The van der Waals surface area contributed by atoms with Crippen LogP contribution in [-0.2, 0) is 4.79 Å². The van der Waals surface area contributed by atoms with Crippen LogP contribution >= 0.6 is 11.6 Å². The van der Waals surface area contributed by atoms with Crippen LogP contribution in [-0.4, -0.2) is 37.1 Å². The van der Waals surface area contributed by atoms with Crippen LogP contribution in [0.4, 0.5) is 0 Å². The Morgan fingerprint density at radius 2 is 1.95 bits per heavy atom. The number of nitrogens with zero attached hydrogens (tertiary/aromatic N) is 1. The summed E-state index contributed by atoms with van der Waals surface area (Å²) in [6.07, 6.45) is 5.54. The minimum atomic E-state index is 0.0495. The van der Waals surface area contributed by atoms with Crippen molar-refractivity contribution in [2.45, 2.75) is 12.8 Å². The molecule has 5 heteroatoms. The number of benzene rings is 1. The molecule has 0 aliphatic carbocycles. The SMILES string of the molecule is O=C(/C=C/c1cc(Cl)c2c(c1)OCCO2)N1CCCC1. The fourth-order valence-electron chi connectivity index (χ4n) is 2.44. The van der Waals surface area contributed by atoms with Crippen molar-refractivity contribution in [3.05, 3.63) is 28.8 Å². The van der Waals surface area contributed by atoms with Crippen LogP contribution in [0, 0.1) is 0 Å². The molecular weight excluding hydrogens is 278 g/mol. The molecule has 2 heterocycles. The highest BCUT2D eigenvalue weighted by Crippen LogP contribution is 2.38. The first-order valence-electron chi connectivity index (χ1n) is 6.80. The van der Waals surface area contributed by atoms with E-state index in [1.54, 1.807) is 18.2 Å². The number of likely N-dealkylation sites (tertiary alicyclic amines) is 1. The van der Waals surface area contributed by atoms with E-state index in [1.165, 1.54) is 0 Å². The molecule has 0 unspecified atom stereocenters. The highest BCUT2D eigenvalue weighted by molar-refractivity contribution is 6.32. The number of ether oxygens (including phenoxy) is 2. The number of halogens is 1. The smallest absolute Gasteiger partial charge is 0.246 e. The van der Waals surface area contributed by atoms with E-state index >= 15 is 0 Å². The average molecular weight is 294 g/mol. The summed E-state index contributed by atoms with van der Waals surface area (Å²) in [5, 5.41) is 0.510. The topological polar surface area (TPSA) is 38.8 Å². The lowest BCUT2D eigenvalue weighted by Crippen LogP contribution is -2.25. The summed E-state index contributed by atoms with van der Waals surface area (Å²) in [6.45, 7) is 2.73. The van der Waals surface area contributed by atoms with Crippen LogP contribution in [0.1, 0.15) is 18.4 Å². The highest BCUT2D eigenvalue weighted by atomic mass is 35.5. The third kappa shape index (κ3) is 2.75. The molecule has 1 saturated heterocycles. The second kappa shape index (κ2) is 5.75. The van der Waals surface area contributed by atoms with Gasteiger partial charge in [-0.15, -0.1) is 0 Å². The Labute approximate surface area is 122 Å². The quantitative estimate of drug-likeness (QED) is 0.787.